The minimum atomic E-state index is -2.61. The van der Waals surface area contributed by atoms with Crippen molar-refractivity contribution in [1.29, 1.82) is 5.26 Å². The standard InChI is InChI=1S/C20H15F2N3O2.C2H6O.C2H6/c21-20(22)14-8-6-13(7-9-14)18(26)10-15-11-19(27)25(24-17(15)12-23)16-4-2-1-3-5-16;1-3-2;1-2/h1-9,15,20H,10-11H2;1-2H3;1-2H3. The fourth-order valence-corrected chi connectivity index (χ4v) is 2.85. The quantitative estimate of drug-likeness (QED) is 0.578. The summed E-state index contributed by atoms with van der Waals surface area (Å²) in [5.74, 6) is -1.28. The zero-order valence-corrected chi connectivity index (χ0v) is 18.6. The number of alkyl halides is 2. The summed E-state index contributed by atoms with van der Waals surface area (Å²) < 4.78 is 29.5. The van der Waals surface area contributed by atoms with Crippen LogP contribution in [-0.4, -0.2) is 31.6 Å². The van der Waals surface area contributed by atoms with Crippen molar-refractivity contribution in [2.75, 3.05) is 19.2 Å². The summed E-state index contributed by atoms with van der Waals surface area (Å²) in [6.07, 6.45) is -2.72. The molecule has 2 aromatic rings. The van der Waals surface area contributed by atoms with Gasteiger partial charge in [-0.2, -0.15) is 15.4 Å². The number of methoxy groups -OCH3 is 1. The molecule has 1 atom stereocenters. The van der Waals surface area contributed by atoms with Crippen molar-refractivity contribution in [2.24, 2.45) is 11.0 Å². The van der Waals surface area contributed by atoms with Gasteiger partial charge in [-0.25, -0.2) is 8.78 Å². The van der Waals surface area contributed by atoms with Gasteiger partial charge >= 0.3 is 0 Å². The molecule has 1 aliphatic heterocycles. The average molecular weight is 443 g/mol. The van der Waals surface area contributed by atoms with Gasteiger partial charge in [0.05, 0.1) is 5.69 Å². The SMILES string of the molecule is CC.COC.N#CC1=NN(c2ccccc2)C(=O)CC1CC(=O)c1ccc(C(F)F)cc1. The Kier molecular flexibility index (Phi) is 11.5. The minimum absolute atomic E-state index is 0.0256. The first-order valence-electron chi connectivity index (χ1n) is 10.1. The van der Waals surface area contributed by atoms with Gasteiger partial charge in [-0.3, -0.25) is 9.59 Å². The summed E-state index contributed by atoms with van der Waals surface area (Å²) in [6.45, 7) is 4.00. The van der Waals surface area contributed by atoms with E-state index in [2.05, 4.69) is 9.84 Å². The summed E-state index contributed by atoms with van der Waals surface area (Å²) in [5, 5.41) is 14.6. The van der Waals surface area contributed by atoms with E-state index in [1.165, 1.54) is 24.3 Å². The maximum atomic E-state index is 12.6. The van der Waals surface area contributed by atoms with Gasteiger partial charge in [0.25, 0.3) is 6.43 Å². The van der Waals surface area contributed by atoms with Crippen molar-refractivity contribution in [3.63, 3.8) is 0 Å². The molecule has 1 unspecified atom stereocenters. The number of ether oxygens (including phenoxy) is 1. The highest BCUT2D eigenvalue weighted by Gasteiger charge is 2.32. The lowest BCUT2D eigenvalue weighted by molar-refractivity contribution is -0.119. The Hall–Kier alpha value is -3.44. The molecule has 8 heteroatoms. The second-order valence-corrected chi connectivity index (χ2v) is 6.50. The molecule has 0 aromatic heterocycles. The van der Waals surface area contributed by atoms with Gasteiger partial charge in [0.15, 0.2) is 5.78 Å². The van der Waals surface area contributed by atoms with Crippen molar-refractivity contribution < 1.29 is 23.1 Å². The smallest absolute Gasteiger partial charge is 0.263 e. The number of amides is 1. The van der Waals surface area contributed by atoms with Crippen molar-refractivity contribution >= 4 is 23.1 Å². The van der Waals surface area contributed by atoms with E-state index in [0.717, 1.165) is 5.01 Å². The first-order valence-corrected chi connectivity index (χ1v) is 10.1. The highest BCUT2D eigenvalue weighted by atomic mass is 19.3. The van der Waals surface area contributed by atoms with Crippen LogP contribution in [0.3, 0.4) is 0 Å². The molecular formula is C24H27F2N3O3. The molecule has 1 amide bonds. The molecule has 3 rings (SSSR count). The molecule has 0 N–H and O–H groups in total. The van der Waals surface area contributed by atoms with E-state index < -0.39 is 12.3 Å². The summed E-state index contributed by atoms with van der Waals surface area (Å²) in [7, 11) is 3.25. The first-order chi connectivity index (χ1) is 15.4. The second kappa shape index (κ2) is 13.8. The number of nitrogens with zero attached hydrogens (tertiary/aromatic N) is 3. The minimum Gasteiger partial charge on any atom is -0.388 e. The largest absolute Gasteiger partial charge is 0.388 e. The number of rotatable bonds is 5. The number of para-hydroxylation sites is 1. The molecule has 32 heavy (non-hydrogen) atoms. The van der Waals surface area contributed by atoms with E-state index >= 15 is 0 Å². The first kappa shape index (κ1) is 26.6. The third-order valence-corrected chi connectivity index (χ3v) is 4.28. The van der Waals surface area contributed by atoms with Crippen molar-refractivity contribution in [3.05, 3.63) is 65.7 Å². The molecule has 0 radical (unpaired) electrons. The Labute approximate surface area is 187 Å². The van der Waals surface area contributed by atoms with E-state index in [1.54, 1.807) is 44.6 Å². The number of anilines is 1. The summed E-state index contributed by atoms with van der Waals surface area (Å²) in [5.41, 5.74) is 0.727. The maximum Gasteiger partial charge on any atom is 0.263 e. The van der Waals surface area contributed by atoms with Crippen LogP contribution in [0, 0.1) is 17.2 Å². The van der Waals surface area contributed by atoms with Crippen LogP contribution in [0.2, 0.25) is 0 Å². The number of hydrogen-bond acceptors (Lipinski definition) is 5. The van der Waals surface area contributed by atoms with Crippen LogP contribution in [-0.2, 0) is 9.53 Å². The molecule has 1 heterocycles. The van der Waals surface area contributed by atoms with Gasteiger partial charge in [-0.1, -0.05) is 56.3 Å². The normalized spacial score (nSPS) is 14.9. The molecule has 0 aliphatic carbocycles. The van der Waals surface area contributed by atoms with Crippen molar-refractivity contribution in [3.8, 4) is 6.07 Å². The highest BCUT2D eigenvalue weighted by Crippen LogP contribution is 2.26. The van der Waals surface area contributed by atoms with E-state index in [-0.39, 0.29) is 41.4 Å². The predicted octanol–water partition coefficient (Wildman–Crippen LogP) is 5.42. The van der Waals surface area contributed by atoms with Crippen molar-refractivity contribution in [2.45, 2.75) is 33.1 Å². The Morgan fingerprint density at radius 1 is 1.16 bits per heavy atom. The van der Waals surface area contributed by atoms with E-state index in [0.29, 0.717) is 5.69 Å². The number of benzene rings is 2. The van der Waals surface area contributed by atoms with Gasteiger partial charge < -0.3 is 4.74 Å². The molecule has 0 saturated carbocycles. The van der Waals surface area contributed by atoms with Gasteiger partial charge in [0.1, 0.15) is 11.8 Å². The highest BCUT2D eigenvalue weighted by molar-refractivity contribution is 6.11. The van der Waals surface area contributed by atoms with Crippen LogP contribution in [0.15, 0.2) is 59.7 Å². The topological polar surface area (TPSA) is 82.8 Å². The monoisotopic (exact) mass is 443 g/mol. The predicted molar refractivity (Wildman–Crippen MR) is 120 cm³/mol. The zero-order valence-electron chi connectivity index (χ0n) is 18.6. The maximum absolute atomic E-state index is 12.6. The molecule has 0 bridgehead atoms. The van der Waals surface area contributed by atoms with E-state index in [1.807, 2.05) is 19.9 Å². The number of halogens is 2. The van der Waals surface area contributed by atoms with Gasteiger partial charge in [0.2, 0.25) is 5.91 Å². The van der Waals surface area contributed by atoms with Crippen molar-refractivity contribution in [1.82, 2.24) is 0 Å². The molecule has 2 aromatic carbocycles. The lowest BCUT2D eigenvalue weighted by Crippen LogP contribution is -2.37. The zero-order chi connectivity index (χ0) is 24.1. The number of Topliss-reactive ketones (excluding diaryl/α,β-unsaturated/α-hetero) is 1. The molecule has 170 valence electrons. The van der Waals surface area contributed by atoms with Crippen LogP contribution >= 0.6 is 0 Å². The molecule has 1 aliphatic rings. The van der Waals surface area contributed by atoms with E-state index in [4.69, 9.17) is 0 Å². The lowest BCUT2D eigenvalue weighted by atomic mass is 9.90. The third-order valence-electron chi connectivity index (χ3n) is 4.28. The molecule has 0 spiro atoms. The van der Waals surface area contributed by atoms with Gasteiger partial charge in [-0.15, -0.1) is 0 Å². The number of ketones is 1. The summed E-state index contributed by atoms with van der Waals surface area (Å²) in [4.78, 5) is 24.9. The Morgan fingerprint density at radius 3 is 2.22 bits per heavy atom. The molecule has 6 nitrogen and oxygen atoms in total. The van der Waals surface area contributed by atoms with Crippen LogP contribution in [0.25, 0.3) is 0 Å². The average Bonchev–Trinajstić information content (AvgIpc) is 2.81. The van der Waals surface area contributed by atoms with Gasteiger partial charge in [0, 0.05) is 44.1 Å². The van der Waals surface area contributed by atoms with Crippen LogP contribution in [0.4, 0.5) is 14.5 Å². The molecule has 0 fully saturated rings. The number of hydrazone groups is 1. The van der Waals surface area contributed by atoms with Crippen LogP contribution in [0.1, 0.15) is 49.0 Å². The lowest BCUT2D eigenvalue weighted by Gasteiger charge is -2.26. The van der Waals surface area contributed by atoms with Crippen LogP contribution < -0.4 is 5.01 Å². The number of carbonyl (C=O) groups is 2. The Balaban J connectivity index is 0.000000944. The van der Waals surface area contributed by atoms with Crippen LogP contribution in [0.5, 0.6) is 0 Å². The number of nitriles is 1. The van der Waals surface area contributed by atoms with E-state index in [9.17, 15) is 23.6 Å². The fourth-order valence-electron chi connectivity index (χ4n) is 2.85. The summed E-state index contributed by atoms with van der Waals surface area (Å²) >= 11 is 0. The fraction of sp³-hybridized carbons (Fsp3) is 0.333. The van der Waals surface area contributed by atoms with Gasteiger partial charge in [-0.05, 0) is 12.1 Å². The third kappa shape index (κ3) is 7.36. The second-order valence-electron chi connectivity index (χ2n) is 6.50. The molecule has 0 saturated heterocycles. The summed E-state index contributed by atoms with van der Waals surface area (Å²) in [6, 6.07) is 15.7. The Bertz CT molecular complexity index is 939. The molecular weight excluding hydrogens is 416 g/mol. The Morgan fingerprint density at radius 2 is 1.72 bits per heavy atom. The number of carbonyl (C=O) groups excluding carboxylic acids is 2. The number of hydrogen-bond donors (Lipinski definition) is 0.